The minimum Gasteiger partial charge on any atom is -0.467 e. The molecule has 4 nitrogen and oxygen atoms in total. The largest absolute Gasteiger partial charge is 0.467 e. The molecule has 0 aliphatic carbocycles. The predicted octanol–water partition coefficient (Wildman–Crippen LogP) is 0.115. The summed E-state index contributed by atoms with van der Waals surface area (Å²) in [5.41, 5.74) is 0. The smallest absolute Gasteiger partial charge is 0.226 e. The van der Waals surface area contributed by atoms with Crippen molar-refractivity contribution in [3.8, 4) is 0 Å². The van der Waals surface area contributed by atoms with Crippen molar-refractivity contribution in [1.29, 1.82) is 0 Å². The summed E-state index contributed by atoms with van der Waals surface area (Å²) in [7, 11) is 0. The monoisotopic (exact) mass is 180 g/mol. The van der Waals surface area contributed by atoms with E-state index in [0.29, 0.717) is 6.54 Å². The first-order valence-corrected chi connectivity index (χ1v) is 4.37. The molecule has 1 aliphatic rings. The molecule has 1 saturated heterocycles. The summed E-state index contributed by atoms with van der Waals surface area (Å²) in [6, 6.07) is 3.66. The third kappa shape index (κ3) is 1.89. The van der Waals surface area contributed by atoms with Crippen LogP contribution in [0.15, 0.2) is 22.8 Å². The maximum atomic E-state index is 11.3. The standard InChI is InChI=1S/C9H12N2O2/c12-9(7-4-10-5-7)11-6-8-2-1-3-13-8/h1-3,7,10H,4-6H2,(H,11,12). The second kappa shape index (κ2) is 3.62. The Kier molecular flexibility index (Phi) is 2.31. The van der Waals surface area contributed by atoms with Gasteiger partial charge in [-0.1, -0.05) is 0 Å². The highest BCUT2D eigenvalue weighted by Crippen LogP contribution is 2.04. The molecule has 1 fully saturated rings. The molecule has 1 amide bonds. The van der Waals surface area contributed by atoms with E-state index in [1.807, 2.05) is 12.1 Å². The normalized spacial score (nSPS) is 16.6. The Balaban J connectivity index is 1.76. The van der Waals surface area contributed by atoms with Crippen molar-refractivity contribution in [1.82, 2.24) is 10.6 Å². The Morgan fingerprint density at radius 2 is 2.54 bits per heavy atom. The van der Waals surface area contributed by atoms with E-state index in [2.05, 4.69) is 10.6 Å². The van der Waals surface area contributed by atoms with Crippen LogP contribution in [0.4, 0.5) is 0 Å². The molecule has 2 N–H and O–H groups in total. The molecule has 1 aliphatic heterocycles. The Bertz CT molecular complexity index is 278. The zero-order valence-electron chi connectivity index (χ0n) is 7.25. The van der Waals surface area contributed by atoms with E-state index in [0.717, 1.165) is 18.8 Å². The molecular formula is C9H12N2O2. The Morgan fingerprint density at radius 3 is 3.08 bits per heavy atom. The summed E-state index contributed by atoms with van der Waals surface area (Å²) in [6.07, 6.45) is 1.60. The van der Waals surface area contributed by atoms with Crippen LogP contribution in [-0.4, -0.2) is 19.0 Å². The van der Waals surface area contributed by atoms with Gasteiger partial charge in [-0.05, 0) is 12.1 Å². The Hall–Kier alpha value is -1.29. The average Bonchev–Trinajstić information content (AvgIpc) is 2.49. The summed E-state index contributed by atoms with van der Waals surface area (Å²) in [4.78, 5) is 11.3. The van der Waals surface area contributed by atoms with E-state index < -0.39 is 0 Å². The first-order chi connectivity index (χ1) is 6.36. The van der Waals surface area contributed by atoms with Gasteiger partial charge >= 0.3 is 0 Å². The lowest BCUT2D eigenvalue weighted by Crippen LogP contribution is -2.50. The van der Waals surface area contributed by atoms with Gasteiger partial charge in [-0.3, -0.25) is 4.79 Å². The number of hydrogen-bond acceptors (Lipinski definition) is 3. The van der Waals surface area contributed by atoms with E-state index in [4.69, 9.17) is 4.42 Å². The number of nitrogens with one attached hydrogen (secondary N) is 2. The van der Waals surface area contributed by atoms with Crippen molar-refractivity contribution in [2.45, 2.75) is 6.54 Å². The lowest BCUT2D eigenvalue weighted by Gasteiger charge is -2.25. The van der Waals surface area contributed by atoms with Crippen molar-refractivity contribution in [2.24, 2.45) is 5.92 Å². The van der Waals surface area contributed by atoms with E-state index in [1.165, 1.54) is 0 Å². The predicted molar refractivity (Wildman–Crippen MR) is 46.9 cm³/mol. The van der Waals surface area contributed by atoms with Crippen LogP contribution in [0.2, 0.25) is 0 Å². The van der Waals surface area contributed by atoms with Gasteiger partial charge in [-0.25, -0.2) is 0 Å². The van der Waals surface area contributed by atoms with Gasteiger partial charge in [0.1, 0.15) is 5.76 Å². The summed E-state index contributed by atoms with van der Waals surface area (Å²) in [5.74, 6) is 1.05. The molecule has 1 aromatic rings. The van der Waals surface area contributed by atoms with Crippen molar-refractivity contribution in [3.63, 3.8) is 0 Å². The molecule has 0 aromatic carbocycles. The molecule has 4 heteroatoms. The second-order valence-electron chi connectivity index (χ2n) is 3.15. The highest BCUT2D eigenvalue weighted by Gasteiger charge is 2.24. The lowest BCUT2D eigenvalue weighted by atomic mass is 10.0. The zero-order chi connectivity index (χ0) is 9.10. The van der Waals surface area contributed by atoms with E-state index in [-0.39, 0.29) is 11.8 Å². The van der Waals surface area contributed by atoms with Gasteiger partial charge in [0.05, 0.1) is 18.7 Å². The fraction of sp³-hybridized carbons (Fsp3) is 0.444. The summed E-state index contributed by atoms with van der Waals surface area (Å²) >= 11 is 0. The average molecular weight is 180 g/mol. The number of furan rings is 1. The quantitative estimate of drug-likeness (QED) is 0.694. The van der Waals surface area contributed by atoms with Crippen molar-refractivity contribution in [3.05, 3.63) is 24.2 Å². The van der Waals surface area contributed by atoms with Crippen molar-refractivity contribution in [2.75, 3.05) is 13.1 Å². The van der Waals surface area contributed by atoms with Gasteiger partial charge in [0.15, 0.2) is 0 Å². The molecule has 1 aromatic heterocycles. The Labute approximate surface area is 76.3 Å². The van der Waals surface area contributed by atoms with Crippen molar-refractivity contribution < 1.29 is 9.21 Å². The molecule has 0 bridgehead atoms. The third-order valence-electron chi connectivity index (χ3n) is 2.17. The van der Waals surface area contributed by atoms with E-state index >= 15 is 0 Å². The van der Waals surface area contributed by atoms with Crippen molar-refractivity contribution >= 4 is 5.91 Å². The molecule has 0 atom stereocenters. The molecule has 0 unspecified atom stereocenters. The molecule has 0 saturated carbocycles. The number of amides is 1. The van der Waals surface area contributed by atoms with Crippen LogP contribution in [-0.2, 0) is 11.3 Å². The molecular weight excluding hydrogens is 168 g/mol. The fourth-order valence-corrected chi connectivity index (χ4v) is 1.21. The third-order valence-corrected chi connectivity index (χ3v) is 2.17. The molecule has 2 rings (SSSR count). The summed E-state index contributed by atoms with van der Waals surface area (Å²) in [5, 5.41) is 5.87. The first kappa shape index (κ1) is 8.31. The van der Waals surface area contributed by atoms with E-state index in [9.17, 15) is 4.79 Å². The van der Waals surface area contributed by atoms with Crippen LogP contribution in [0.1, 0.15) is 5.76 Å². The fourth-order valence-electron chi connectivity index (χ4n) is 1.21. The molecule has 2 heterocycles. The summed E-state index contributed by atoms with van der Waals surface area (Å²) < 4.78 is 5.08. The molecule has 0 radical (unpaired) electrons. The summed E-state index contributed by atoms with van der Waals surface area (Å²) in [6.45, 7) is 2.08. The minimum atomic E-state index is 0.107. The van der Waals surface area contributed by atoms with Crippen LogP contribution in [0.3, 0.4) is 0 Å². The van der Waals surface area contributed by atoms with Gasteiger partial charge in [-0.2, -0.15) is 0 Å². The van der Waals surface area contributed by atoms with Gasteiger partial charge in [0, 0.05) is 13.1 Å². The Morgan fingerprint density at radius 1 is 1.69 bits per heavy atom. The van der Waals surface area contributed by atoms with Gasteiger partial charge in [0.2, 0.25) is 5.91 Å². The molecule has 0 spiro atoms. The van der Waals surface area contributed by atoms with Crippen LogP contribution in [0.5, 0.6) is 0 Å². The van der Waals surface area contributed by atoms with Gasteiger partial charge < -0.3 is 15.1 Å². The topological polar surface area (TPSA) is 54.3 Å². The van der Waals surface area contributed by atoms with Crippen LogP contribution < -0.4 is 10.6 Å². The zero-order valence-corrected chi connectivity index (χ0v) is 7.25. The highest BCUT2D eigenvalue weighted by atomic mass is 16.3. The number of carbonyl (C=O) groups is 1. The van der Waals surface area contributed by atoms with Gasteiger partial charge in [0.25, 0.3) is 0 Å². The SMILES string of the molecule is O=C(NCc1ccco1)C1CNC1. The number of rotatable bonds is 3. The highest BCUT2D eigenvalue weighted by molar-refractivity contribution is 5.79. The molecule has 13 heavy (non-hydrogen) atoms. The minimum absolute atomic E-state index is 0.107. The van der Waals surface area contributed by atoms with Crippen LogP contribution in [0, 0.1) is 5.92 Å². The number of carbonyl (C=O) groups excluding carboxylic acids is 1. The van der Waals surface area contributed by atoms with Gasteiger partial charge in [-0.15, -0.1) is 0 Å². The second-order valence-corrected chi connectivity index (χ2v) is 3.15. The first-order valence-electron chi connectivity index (χ1n) is 4.37. The maximum absolute atomic E-state index is 11.3. The number of hydrogen-bond donors (Lipinski definition) is 2. The van der Waals surface area contributed by atoms with Crippen LogP contribution >= 0.6 is 0 Å². The lowest BCUT2D eigenvalue weighted by molar-refractivity contribution is -0.126. The van der Waals surface area contributed by atoms with Crippen LogP contribution in [0.25, 0.3) is 0 Å². The molecule has 70 valence electrons. The van der Waals surface area contributed by atoms with E-state index in [1.54, 1.807) is 6.26 Å². The maximum Gasteiger partial charge on any atom is 0.226 e.